The Labute approximate surface area is 141 Å². The van der Waals surface area contributed by atoms with E-state index in [1.165, 1.54) is 22.7 Å². The first kappa shape index (κ1) is 16.9. The average molecular weight is 351 g/mol. The Bertz CT molecular complexity index is 838. The van der Waals surface area contributed by atoms with Crippen molar-refractivity contribution < 1.29 is 13.2 Å². The summed E-state index contributed by atoms with van der Waals surface area (Å²) in [6.07, 6.45) is 2.80. The summed E-state index contributed by atoms with van der Waals surface area (Å²) in [7, 11) is -0.334. The van der Waals surface area contributed by atoms with Gasteiger partial charge in [0.1, 0.15) is 0 Å². The molecule has 1 fully saturated rings. The second-order valence-corrected chi connectivity index (χ2v) is 8.21. The molecule has 9 heteroatoms. The Morgan fingerprint density at radius 3 is 2.71 bits per heavy atom. The lowest BCUT2D eigenvalue weighted by Gasteiger charge is -2.33. The highest BCUT2D eigenvalue weighted by atomic mass is 32.2. The van der Waals surface area contributed by atoms with Crippen molar-refractivity contribution in [3.05, 3.63) is 30.1 Å². The number of piperidine rings is 1. The molecule has 0 unspecified atom stereocenters. The van der Waals surface area contributed by atoms with Gasteiger partial charge in [-0.2, -0.15) is 17.0 Å². The van der Waals surface area contributed by atoms with E-state index < -0.39 is 10.2 Å². The highest BCUT2D eigenvalue weighted by Crippen LogP contribution is 2.17. The summed E-state index contributed by atoms with van der Waals surface area (Å²) in [5.41, 5.74) is 2.19. The number of carbonyl (C=O) groups is 1. The first-order valence-electron chi connectivity index (χ1n) is 7.79. The smallest absolute Gasteiger partial charge is 0.281 e. The maximum atomic E-state index is 12.4. The van der Waals surface area contributed by atoms with Gasteiger partial charge in [-0.25, -0.2) is 4.98 Å². The summed E-state index contributed by atoms with van der Waals surface area (Å²) in [5, 5.41) is 2.98. The molecule has 3 rings (SSSR count). The average Bonchev–Trinajstić information content (AvgIpc) is 3.02. The lowest BCUT2D eigenvalue weighted by atomic mass is 10.1. The molecule has 2 aromatic rings. The Hall–Kier alpha value is -1.97. The van der Waals surface area contributed by atoms with E-state index in [0.717, 1.165) is 11.0 Å². The van der Waals surface area contributed by atoms with Gasteiger partial charge in [-0.1, -0.05) is 0 Å². The first-order chi connectivity index (χ1) is 11.4. The molecule has 0 radical (unpaired) electrons. The first-order valence-corrected chi connectivity index (χ1v) is 9.19. The minimum Gasteiger partial charge on any atom is -0.349 e. The third kappa shape index (κ3) is 3.28. The molecule has 2 heterocycles. The lowest BCUT2D eigenvalue weighted by molar-refractivity contribution is 0.0923. The second kappa shape index (κ2) is 6.50. The standard InChI is InChI=1S/C15H21N5O3S/c1-19(2)24(22,23)20-7-5-12(6-8-20)18-15(21)11-3-4-13-14(9-11)17-10-16-13/h3-4,9-10,12H,5-8H2,1-2H3,(H,16,17)(H,18,21). The number of fused-ring (bicyclic) bond motifs is 1. The van der Waals surface area contributed by atoms with Crippen LogP contribution in [0.25, 0.3) is 11.0 Å². The van der Waals surface area contributed by atoms with Gasteiger partial charge in [0.05, 0.1) is 17.4 Å². The predicted octanol–water partition coefficient (Wildman–Crippen LogP) is 0.564. The van der Waals surface area contributed by atoms with E-state index >= 15 is 0 Å². The Morgan fingerprint density at radius 2 is 2.04 bits per heavy atom. The minimum atomic E-state index is -3.38. The highest BCUT2D eigenvalue weighted by molar-refractivity contribution is 7.86. The Morgan fingerprint density at radius 1 is 1.33 bits per heavy atom. The molecule has 1 saturated heterocycles. The van der Waals surface area contributed by atoms with E-state index in [2.05, 4.69) is 15.3 Å². The number of amides is 1. The number of rotatable bonds is 4. The summed E-state index contributed by atoms with van der Waals surface area (Å²) in [6, 6.07) is 5.28. The number of imidazole rings is 1. The quantitative estimate of drug-likeness (QED) is 0.841. The summed E-state index contributed by atoms with van der Waals surface area (Å²) in [4.78, 5) is 19.5. The van der Waals surface area contributed by atoms with Crippen LogP contribution in [0.3, 0.4) is 0 Å². The van der Waals surface area contributed by atoms with Gasteiger partial charge in [0.25, 0.3) is 16.1 Å². The van der Waals surface area contributed by atoms with Crippen molar-refractivity contribution in [3.63, 3.8) is 0 Å². The number of hydrogen-bond acceptors (Lipinski definition) is 4. The fraction of sp³-hybridized carbons (Fsp3) is 0.467. The van der Waals surface area contributed by atoms with E-state index in [1.54, 1.807) is 24.5 Å². The molecule has 1 aliphatic rings. The molecule has 0 saturated carbocycles. The van der Waals surface area contributed by atoms with Crippen LogP contribution in [0.5, 0.6) is 0 Å². The zero-order chi connectivity index (χ0) is 17.3. The van der Waals surface area contributed by atoms with Gasteiger partial charge < -0.3 is 10.3 Å². The van der Waals surface area contributed by atoms with Gasteiger partial charge in [0, 0.05) is 38.8 Å². The van der Waals surface area contributed by atoms with Crippen molar-refractivity contribution in [1.82, 2.24) is 23.9 Å². The molecule has 0 bridgehead atoms. The van der Waals surface area contributed by atoms with Crippen LogP contribution in [0.1, 0.15) is 23.2 Å². The maximum Gasteiger partial charge on any atom is 0.281 e. The van der Waals surface area contributed by atoms with E-state index in [1.807, 2.05) is 0 Å². The molecule has 8 nitrogen and oxygen atoms in total. The largest absolute Gasteiger partial charge is 0.349 e. The summed E-state index contributed by atoms with van der Waals surface area (Å²) >= 11 is 0. The minimum absolute atomic E-state index is 0.0245. The summed E-state index contributed by atoms with van der Waals surface area (Å²) < 4.78 is 26.8. The summed E-state index contributed by atoms with van der Waals surface area (Å²) in [5.74, 6) is -0.152. The molecule has 0 atom stereocenters. The SMILES string of the molecule is CN(C)S(=O)(=O)N1CCC(NC(=O)c2ccc3nc[nH]c3c2)CC1. The monoisotopic (exact) mass is 351 g/mol. The van der Waals surface area contributed by atoms with Gasteiger partial charge in [0.15, 0.2) is 0 Å². The van der Waals surface area contributed by atoms with Crippen molar-refractivity contribution in [2.45, 2.75) is 18.9 Å². The third-order valence-corrected chi connectivity index (χ3v) is 6.20. The number of aromatic amines is 1. The Kier molecular flexibility index (Phi) is 4.57. The van der Waals surface area contributed by atoms with Gasteiger partial charge in [-0.3, -0.25) is 4.79 Å². The van der Waals surface area contributed by atoms with Crippen LogP contribution in [0, 0.1) is 0 Å². The van der Waals surface area contributed by atoms with Crippen LogP contribution >= 0.6 is 0 Å². The predicted molar refractivity (Wildman–Crippen MR) is 90.8 cm³/mol. The lowest BCUT2D eigenvalue weighted by Crippen LogP contribution is -2.49. The fourth-order valence-electron chi connectivity index (χ4n) is 2.81. The van der Waals surface area contributed by atoms with E-state index in [9.17, 15) is 13.2 Å². The van der Waals surface area contributed by atoms with Gasteiger partial charge in [0.2, 0.25) is 0 Å². The molecule has 130 valence electrons. The van der Waals surface area contributed by atoms with E-state index in [0.29, 0.717) is 31.5 Å². The molecule has 1 amide bonds. The van der Waals surface area contributed by atoms with Gasteiger partial charge in [-0.15, -0.1) is 0 Å². The van der Waals surface area contributed by atoms with Crippen LogP contribution in [0.2, 0.25) is 0 Å². The topological polar surface area (TPSA) is 98.4 Å². The van der Waals surface area contributed by atoms with E-state index in [-0.39, 0.29) is 11.9 Å². The Balaban J connectivity index is 1.60. The number of H-pyrrole nitrogens is 1. The van der Waals surface area contributed by atoms with Crippen LogP contribution in [0.4, 0.5) is 0 Å². The highest BCUT2D eigenvalue weighted by Gasteiger charge is 2.30. The molecule has 0 spiro atoms. The molecular formula is C15H21N5O3S. The van der Waals surface area contributed by atoms with Gasteiger partial charge in [-0.05, 0) is 31.0 Å². The van der Waals surface area contributed by atoms with Crippen molar-refractivity contribution in [2.75, 3.05) is 27.2 Å². The number of nitrogens with one attached hydrogen (secondary N) is 2. The van der Waals surface area contributed by atoms with Crippen molar-refractivity contribution in [2.24, 2.45) is 0 Å². The number of hydrogen-bond donors (Lipinski definition) is 2. The molecule has 1 aliphatic heterocycles. The number of benzene rings is 1. The molecule has 24 heavy (non-hydrogen) atoms. The number of nitrogens with zero attached hydrogens (tertiary/aromatic N) is 3. The van der Waals surface area contributed by atoms with Crippen molar-refractivity contribution in [1.29, 1.82) is 0 Å². The van der Waals surface area contributed by atoms with Crippen LogP contribution in [-0.2, 0) is 10.2 Å². The third-order valence-electron chi connectivity index (χ3n) is 4.26. The summed E-state index contributed by atoms with van der Waals surface area (Å²) in [6.45, 7) is 0.816. The molecule has 1 aromatic heterocycles. The normalized spacial score (nSPS) is 17.5. The molecular weight excluding hydrogens is 330 g/mol. The van der Waals surface area contributed by atoms with Crippen LogP contribution in [0.15, 0.2) is 24.5 Å². The molecule has 1 aromatic carbocycles. The van der Waals surface area contributed by atoms with Crippen molar-refractivity contribution in [3.8, 4) is 0 Å². The fourth-order valence-corrected chi connectivity index (χ4v) is 3.94. The number of carbonyl (C=O) groups excluding carboxylic acids is 1. The second-order valence-electron chi connectivity index (χ2n) is 6.07. The van der Waals surface area contributed by atoms with Crippen LogP contribution < -0.4 is 5.32 Å². The molecule has 0 aliphatic carbocycles. The van der Waals surface area contributed by atoms with Crippen LogP contribution in [-0.4, -0.2) is 66.1 Å². The maximum absolute atomic E-state index is 12.4. The number of aromatic nitrogens is 2. The molecule has 2 N–H and O–H groups in total. The van der Waals surface area contributed by atoms with Gasteiger partial charge >= 0.3 is 0 Å². The van der Waals surface area contributed by atoms with E-state index in [4.69, 9.17) is 0 Å². The zero-order valence-corrected chi connectivity index (χ0v) is 14.5. The van der Waals surface area contributed by atoms with Crippen molar-refractivity contribution >= 4 is 27.1 Å². The zero-order valence-electron chi connectivity index (χ0n) is 13.7.